The molecule has 1 rings (SSSR count). The smallest absolute Gasteiger partial charge is 0.326 e. The van der Waals surface area contributed by atoms with Gasteiger partial charge in [-0.15, -0.1) is 0 Å². The van der Waals surface area contributed by atoms with Crippen LogP contribution in [0.1, 0.15) is 45.4 Å². The zero-order valence-electron chi connectivity index (χ0n) is 11.6. The quantitative estimate of drug-likeness (QED) is 0.561. The number of aliphatic carboxylic acids is 2. The van der Waals surface area contributed by atoms with Gasteiger partial charge in [0.15, 0.2) is 0 Å². The second-order valence-corrected chi connectivity index (χ2v) is 5.38. The maximum absolute atomic E-state index is 11.7. The maximum Gasteiger partial charge on any atom is 0.326 e. The van der Waals surface area contributed by atoms with Crippen molar-refractivity contribution in [2.75, 3.05) is 6.54 Å². The van der Waals surface area contributed by atoms with E-state index in [0.717, 1.165) is 32.1 Å². The van der Waals surface area contributed by atoms with Crippen LogP contribution in [0.15, 0.2) is 0 Å². The maximum atomic E-state index is 11.7. The van der Waals surface area contributed by atoms with Gasteiger partial charge in [0.25, 0.3) is 0 Å². The SMILES string of the molecule is CCC1(CNC(=O)N[C@@H](CC(=O)O)C(=O)O)CCCC1. The molecule has 7 heteroatoms. The molecule has 114 valence electrons. The Kier molecular flexibility index (Phi) is 5.79. The van der Waals surface area contributed by atoms with Crippen LogP contribution in [-0.4, -0.2) is 40.8 Å². The van der Waals surface area contributed by atoms with Crippen LogP contribution in [0.25, 0.3) is 0 Å². The lowest BCUT2D eigenvalue weighted by Crippen LogP contribution is -2.49. The minimum Gasteiger partial charge on any atom is -0.481 e. The second kappa shape index (κ2) is 7.12. The molecule has 0 radical (unpaired) electrons. The molecule has 7 nitrogen and oxygen atoms in total. The van der Waals surface area contributed by atoms with E-state index < -0.39 is 30.4 Å². The van der Waals surface area contributed by atoms with Crippen LogP contribution in [0.3, 0.4) is 0 Å². The van der Waals surface area contributed by atoms with E-state index in [0.29, 0.717) is 6.54 Å². The number of carbonyl (C=O) groups is 3. The molecule has 0 aromatic rings. The van der Waals surface area contributed by atoms with E-state index in [1.165, 1.54) is 0 Å². The fraction of sp³-hybridized carbons (Fsp3) is 0.769. The van der Waals surface area contributed by atoms with E-state index in [2.05, 4.69) is 17.6 Å². The van der Waals surface area contributed by atoms with E-state index in [4.69, 9.17) is 10.2 Å². The third-order valence-electron chi connectivity index (χ3n) is 4.02. The van der Waals surface area contributed by atoms with Gasteiger partial charge >= 0.3 is 18.0 Å². The molecule has 0 unspecified atom stereocenters. The highest BCUT2D eigenvalue weighted by atomic mass is 16.4. The molecule has 0 heterocycles. The number of carboxylic acids is 2. The number of amides is 2. The van der Waals surface area contributed by atoms with Gasteiger partial charge in [-0.3, -0.25) is 4.79 Å². The first-order valence-corrected chi connectivity index (χ1v) is 6.87. The van der Waals surface area contributed by atoms with Gasteiger partial charge in [0, 0.05) is 6.54 Å². The van der Waals surface area contributed by atoms with Gasteiger partial charge < -0.3 is 20.8 Å². The summed E-state index contributed by atoms with van der Waals surface area (Å²) in [5, 5.41) is 22.3. The Balaban J connectivity index is 2.45. The third kappa shape index (κ3) is 4.71. The zero-order chi connectivity index (χ0) is 15.2. The Hall–Kier alpha value is -1.79. The summed E-state index contributed by atoms with van der Waals surface area (Å²) >= 11 is 0. The van der Waals surface area contributed by atoms with Gasteiger partial charge in [-0.2, -0.15) is 0 Å². The van der Waals surface area contributed by atoms with E-state index >= 15 is 0 Å². The molecule has 0 bridgehead atoms. The number of rotatable bonds is 7. The number of nitrogens with one attached hydrogen (secondary N) is 2. The standard InChI is InChI=1S/C13H22N2O5/c1-2-13(5-3-4-6-13)8-14-12(20)15-9(11(18)19)7-10(16)17/h9H,2-8H2,1H3,(H,16,17)(H,18,19)(H2,14,15,20)/t9-/m0/s1. The van der Waals surface area contributed by atoms with Crippen LogP contribution in [0.4, 0.5) is 4.79 Å². The first kappa shape index (κ1) is 16.3. The van der Waals surface area contributed by atoms with Crippen molar-refractivity contribution in [3.05, 3.63) is 0 Å². The monoisotopic (exact) mass is 286 g/mol. The minimum absolute atomic E-state index is 0.100. The summed E-state index contributed by atoms with van der Waals surface area (Å²) in [6, 6.07) is -2.04. The Morgan fingerprint density at radius 2 is 1.80 bits per heavy atom. The van der Waals surface area contributed by atoms with Gasteiger partial charge in [0.05, 0.1) is 6.42 Å². The molecular weight excluding hydrogens is 264 g/mol. The summed E-state index contributed by atoms with van der Waals surface area (Å²) in [6.45, 7) is 2.57. The third-order valence-corrected chi connectivity index (χ3v) is 4.02. The topological polar surface area (TPSA) is 116 Å². The van der Waals surface area contributed by atoms with Gasteiger partial charge in [0.1, 0.15) is 6.04 Å². The highest BCUT2D eigenvalue weighted by Gasteiger charge is 2.32. The number of carboxylic acid groups (broad SMARTS) is 2. The van der Waals surface area contributed by atoms with Crippen LogP contribution < -0.4 is 10.6 Å². The molecule has 0 aromatic heterocycles. The number of urea groups is 1. The molecule has 1 aliphatic rings. The molecule has 1 saturated carbocycles. The summed E-state index contributed by atoms with van der Waals surface area (Å²) in [7, 11) is 0. The molecule has 0 spiro atoms. The van der Waals surface area contributed by atoms with Crippen molar-refractivity contribution in [3.8, 4) is 0 Å². The summed E-state index contributed by atoms with van der Waals surface area (Å²) in [5.41, 5.74) is 0.100. The van der Waals surface area contributed by atoms with Gasteiger partial charge in [-0.05, 0) is 24.7 Å². The molecule has 1 atom stereocenters. The highest BCUT2D eigenvalue weighted by molar-refractivity contribution is 5.86. The van der Waals surface area contributed by atoms with Crippen molar-refractivity contribution in [1.29, 1.82) is 0 Å². The van der Waals surface area contributed by atoms with Crippen molar-refractivity contribution in [3.63, 3.8) is 0 Å². The largest absolute Gasteiger partial charge is 0.481 e. The fourth-order valence-corrected chi connectivity index (χ4v) is 2.63. The fourth-order valence-electron chi connectivity index (χ4n) is 2.63. The number of carbonyl (C=O) groups excluding carboxylic acids is 1. The average Bonchev–Trinajstić information content (AvgIpc) is 2.84. The van der Waals surface area contributed by atoms with Gasteiger partial charge in [0.2, 0.25) is 0 Å². The van der Waals surface area contributed by atoms with E-state index in [1.54, 1.807) is 0 Å². The number of hydrogen-bond acceptors (Lipinski definition) is 3. The van der Waals surface area contributed by atoms with Crippen LogP contribution in [0, 0.1) is 5.41 Å². The van der Waals surface area contributed by atoms with Crippen molar-refractivity contribution < 1.29 is 24.6 Å². The van der Waals surface area contributed by atoms with Crippen LogP contribution in [0.2, 0.25) is 0 Å². The van der Waals surface area contributed by atoms with E-state index in [-0.39, 0.29) is 5.41 Å². The summed E-state index contributed by atoms with van der Waals surface area (Å²) < 4.78 is 0. The summed E-state index contributed by atoms with van der Waals surface area (Å²) in [6.07, 6.45) is 4.73. The summed E-state index contributed by atoms with van der Waals surface area (Å²) in [5.74, 6) is -2.62. The predicted octanol–water partition coefficient (Wildman–Crippen LogP) is 1.18. The lowest BCUT2D eigenvalue weighted by Gasteiger charge is -2.28. The van der Waals surface area contributed by atoms with Crippen LogP contribution >= 0.6 is 0 Å². The zero-order valence-corrected chi connectivity index (χ0v) is 11.6. The van der Waals surface area contributed by atoms with Crippen molar-refractivity contribution in [1.82, 2.24) is 10.6 Å². The van der Waals surface area contributed by atoms with Gasteiger partial charge in [-0.25, -0.2) is 9.59 Å². The molecule has 2 amide bonds. The Morgan fingerprint density at radius 1 is 1.20 bits per heavy atom. The first-order valence-electron chi connectivity index (χ1n) is 6.87. The second-order valence-electron chi connectivity index (χ2n) is 5.38. The lowest BCUT2D eigenvalue weighted by atomic mass is 9.83. The van der Waals surface area contributed by atoms with Crippen LogP contribution in [-0.2, 0) is 9.59 Å². The van der Waals surface area contributed by atoms with Crippen LogP contribution in [0.5, 0.6) is 0 Å². The first-order chi connectivity index (χ1) is 9.38. The number of hydrogen-bond donors (Lipinski definition) is 4. The van der Waals surface area contributed by atoms with E-state index in [1.807, 2.05) is 0 Å². The average molecular weight is 286 g/mol. The Morgan fingerprint density at radius 3 is 2.25 bits per heavy atom. The Labute approximate surface area is 117 Å². The molecule has 4 N–H and O–H groups in total. The molecule has 0 saturated heterocycles. The Bertz CT molecular complexity index is 377. The van der Waals surface area contributed by atoms with E-state index in [9.17, 15) is 14.4 Å². The molecule has 0 aliphatic heterocycles. The normalized spacial score (nSPS) is 18.2. The highest BCUT2D eigenvalue weighted by Crippen LogP contribution is 2.40. The van der Waals surface area contributed by atoms with Crippen molar-refractivity contribution >= 4 is 18.0 Å². The molecule has 1 fully saturated rings. The summed E-state index contributed by atoms with van der Waals surface area (Å²) in [4.78, 5) is 33.0. The lowest BCUT2D eigenvalue weighted by molar-refractivity contribution is -0.145. The molecule has 1 aliphatic carbocycles. The minimum atomic E-state index is -1.41. The van der Waals surface area contributed by atoms with Crippen molar-refractivity contribution in [2.24, 2.45) is 5.41 Å². The molecule has 20 heavy (non-hydrogen) atoms. The van der Waals surface area contributed by atoms with Crippen molar-refractivity contribution in [2.45, 2.75) is 51.5 Å². The molecular formula is C13H22N2O5. The predicted molar refractivity (Wildman–Crippen MR) is 71.4 cm³/mol. The molecule has 0 aromatic carbocycles. The van der Waals surface area contributed by atoms with Gasteiger partial charge in [-0.1, -0.05) is 19.8 Å².